The number of hydrogen-bond acceptors (Lipinski definition) is 1. The first-order valence-electron chi connectivity index (χ1n) is 4.62. The van der Waals surface area contributed by atoms with Crippen LogP contribution in [0.5, 0.6) is 0 Å². The minimum absolute atomic E-state index is 0.160. The van der Waals surface area contributed by atoms with E-state index in [1.807, 2.05) is 6.08 Å². The first kappa shape index (κ1) is 12.0. The van der Waals surface area contributed by atoms with Crippen molar-refractivity contribution in [1.82, 2.24) is 0 Å². The van der Waals surface area contributed by atoms with Crippen LogP contribution in [0, 0.1) is 18.3 Å². The highest BCUT2D eigenvalue weighted by Gasteiger charge is 2.08. The Bertz CT molecular complexity index is 188. The summed E-state index contributed by atoms with van der Waals surface area (Å²) in [5, 5.41) is 9.28. The molecule has 0 amide bonds. The Labute approximate surface area is 81.2 Å². The summed E-state index contributed by atoms with van der Waals surface area (Å²) in [4.78, 5) is 0. The fourth-order valence-corrected chi connectivity index (χ4v) is 1.17. The Kier molecular flexibility index (Phi) is 7.05. The number of terminal acetylenes is 1. The lowest BCUT2D eigenvalue weighted by atomic mass is 9.96. The molecule has 0 bridgehead atoms. The quantitative estimate of drug-likeness (QED) is 0.361. The van der Waals surface area contributed by atoms with Gasteiger partial charge in [-0.2, -0.15) is 0 Å². The van der Waals surface area contributed by atoms with Gasteiger partial charge in [-0.3, -0.25) is 0 Å². The van der Waals surface area contributed by atoms with Gasteiger partial charge in [-0.1, -0.05) is 12.2 Å². The van der Waals surface area contributed by atoms with E-state index < -0.39 is 6.10 Å². The normalized spacial score (nSPS) is 14.2. The molecule has 2 atom stereocenters. The summed E-state index contributed by atoms with van der Waals surface area (Å²) in [5.41, 5.74) is 0. The SMILES string of the molecule is C#CC(CCCC=C)CC(O)C=C. The van der Waals surface area contributed by atoms with Crippen LogP contribution in [0.3, 0.4) is 0 Å². The zero-order valence-electron chi connectivity index (χ0n) is 8.08. The van der Waals surface area contributed by atoms with Gasteiger partial charge in [-0.25, -0.2) is 0 Å². The van der Waals surface area contributed by atoms with E-state index in [-0.39, 0.29) is 5.92 Å². The molecule has 1 N–H and O–H groups in total. The van der Waals surface area contributed by atoms with Gasteiger partial charge >= 0.3 is 0 Å². The van der Waals surface area contributed by atoms with E-state index in [0.717, 1.165) is 19.3 Å². The molecule has 0 spiro atoms. The highest BCUT2D eigenvalue weighted by Crippen LogP contribution is 2.14. The third kappa shape index (κ3) is 6.19. The van der Waals surface area contributed by atoms with E-state index in [1.54, 1.807) is 0 Å². The fourth-order valence-electron chi connectivity index (χ4n) is 1.17. The molecule has 0 saturated heterocycles. The average Bonchev–Trinajstić information content (AvgIpc) is 2.16. The molecular weight excluding hydrogens is 160 g/mol. The third-order valence-electron chi connectivity index (χ3n) is 1.99. The van der Waals surface area contributed by atoms with Crippen LogP contribution in [0.1, 0.15) is 25.7 Å². The van der Waals surface area contributed by atoms with E-state index in [2.05, 4.69) is 19.1 Å². The molecule has 13 heavy (non-hydrogen) atoms. The van der Waals surface area contributed by atoms with Crippen molar-refractivity contribution in [2.45, 2.75) is 31.8 Å². The molecule has 1 heteroatoms. The van der Waals surface area contributed by atoms with Gasteiger partial charge in [-0.05, 0) is 25.7 Å². The van der Waals surface area contributed by atoms with Crippen LogP contribution >= 0.6 is 0 Å². The summed E-state index contributed by atoms with van der Waals surface area (Å²) in [6, 6.07) is 0. The summed E-state index contributed by atoms with van der Waals surface area (Å²) in [5.74, 6) is 2.84. The van der Waals surface area contributed by atoms with Crippen molar-refractivity contribution < 1.29 is 5.11 Å². The van der Waals surface area contributed by atoms with Gasteiger partial charge in [0.05, 0.1) is 6.10 Å². The highest BCUT2D eigenvalue weighted by atomic mass is 16.3. The Hall–Kier alpha value is -1.00. The van der Waals surface area contributed by atoms with Crippen LogP contribution in [-0.4, -0.2) is 11.2 Å². The van der Waals surface area contributed by atoms with Crippen molar-refractivity contribution in [3.05, 3.63) is 25.3 Å². The van der Waals surface area contributed by atoms with E-state index in [1.165, 1.54) is 6.08 Å². The number of hydrogen-bond donors (Lipinski definition) is 1. The molecule has 0 aromatic rings. The Balaban J connectivity index is 3.70. The monoisotopic (exact) mass is 178 g/mol. The molecule has 2 unspecified atom stereocenters. The van der Waals surface area contributed by atoms with Gasteiger partial charge in [0.2, 0.25) is 0 Å². The van der Waals surface area contributed by atoms with E-state index in [9.17, 15) is 5.11 Å². The Morgan fingerprint density at radius 1 is 1.46 bits per heavy atom. The number of allylic oxidation sites excluding steroid dienone is 1. The summed E-state index contributed by atoms with van der Waals surface area (Å²) in [7, 11) is 0. The van der Waals surface area contributed by atoms with E-state index in [0.29, 0.717) is 6.42 Å². The fraction of sp³-hybridized carbons (Fsp3) is 0.500. The van der Waals surface area contributed by atoms with Crippen molar-refractivity contribution in [3.63, 3.8) is 0 Å². The molecule has 0 aliphatic carbocycles. The lowest BCUT2D eigenvalue weighted by molar-refractivity contribution is 0.196. The molecular formula is C12H18O. The summed E-state index contributed by atoms with van der Waals surface area (Å²) >= 11 is 0. The smallest absolute Gasteiger partial charge is 0.0730 e. The van der Waals surface area contributed by atoms with Crippen LogP contribution in [0.2, 0.25) is 0 Å². The van der Waals surface area contributed by atoms with Gasteiger partial charge in [0.15, 0.2) is 0 Å². The summed E-state index contributed by atoms with van der Waals surface area (Å²) < 4.78 is 0. The molecule has 1 nitrogen and oxygen atoms in total. The Morgan fingerprint density at radius 2 is 2.15 bits per heavy atom. The van der Waals surface area contributed by atoms with Crippen LogP contribution < -0.4 is 0 Å². The predicted octanol–water partition coefficient (Wildman–Crippen LogP) is 2.53. The second-order valence-electron chi connectivity index (χ2n) is 3.12. The minimum Gasteiger partial charge on any atom is -0.389 e. The van der Waals surface area contributed by atoms with Crippen molar-refractivity contribution >= 4 is 0 Å². The largest absolute Gasteiger partial charge is 0.389 e. The molecule has 72 valence electrons. The van der Waals surface area contributed by atoms with Gasteiger partial charge in [0.25, 0.3) is 0 Å². The van der Waals surface area contributed by atoms with Crippen LogP contribution in [-0.2, 0) is 0 Å². The zero-order valence-corrected chi connectivity index (χ0v) is 8.08. The van der Waals surface area contributed by atoms with Gasteiger partial charge in [0.1, 0.15) is 0 Å². The predicted molar refractivity (Wildman–Crippen MR) is 57.2 cm³/mol. The minimum atomic E-state index is -0.468. The van der Waals surface area contributed by atoms with Gasteiger partial charge in [0, 0.05) is 5.92 Å². The molecule has 0 fully saturated rings. The molecule has 0 aromatic carbocycles. The molecule has 0 aliphatic heterocycles. The summed E-state index contributed by atoms with van der Waals surface area (Å²) in [6.07, 6.45) is 11.9. The first-order chi connectivity index (χ1) is 6.24. The number of aliphatic hydroxyl groups is 1. The molecule has 0 aromatic heterocycles. The molecule has 0 saturated carbocycles. The standard InChI is InChI=1S/C12H18O/c1-4-7-8-9-11(5-2)10-12(13)6-3/h2,4,6,11-13H,1,3,7-10H2. The first-order valence-corrected chi connectivity index (χ1v) is 4.62. The second kappa shape index (κ2) is 7.64. The molecule has 0 rings (SSSR count). The Morgan fingerprint density at radius 3 is 2.62 bits per heavy atom. The maximum atomic E-state index is 9.28. The zero-order chi connectivity index (χ0) is 10.1. The third-order valence-corrected chi connectivity index (χ3v) is 1.99. The van der Waals surface area contributed by atoms with E-state index in [4.69, 9.17) is 6.42 Å². The topological polar surface area (TPSA) is 20.2 Å². The maximum absolute atomic E-state index is 9.28. The summed E-state index contributed by atoms with van der Waals surface area (Å²) in [6.45, 7) is 7.15. The van der Waals surface area contributed by atoms with Crippen molar-refractivity contribution in [1.29, 1.82) is 0 Å². The molecule has 0 radical (unpaired) electrons. The maximum Gasteiger partial charge on any atom is 0.0730 e. The molecule has 0 aliphatic rings. The van der Waals surface area contributed by atoms with Crippen molar-refractivity contribution in [2.24, 2.45) is 5.92 Å². The highest BCUT2D eigenvalue weighted by molar-refractivity contribution is 4.96. The van der Waals surface area contributed by atoms with Crippen LogP contribution in [0.4, 0.5) is 0 Å². The van der Waals surface area contributed by atoms with Gasteiger partial charge in [-0.15, -0.1) is 25.5 Å². The number of unbranched alkanes of at least 4 members (excludes halogenated alkanes) is 1. The molecule has 0 heterocycles. The van der Waals surface area contributed by atoms with Crippen LogP contribution in [0.15, 0.2) is 25.3 Å². The lowest BCUT2D eigenvalue weighted by Gasteiger charge is -2.11. The number of rotatable bonds is 7. The van der Waals surface area contributed by atoms with E-state index >= 15 is 0 Å². The lowest BCUT2D eigenvalue weighted by Crippen LogP contribution is -2.09. The average molecular weight is 178 g/mol. The van der Waals surface area contributed by atoms with Crippen molar-refractivity contribution in [3.8, 4) is 12.3 Å². The second-order valence-corrected chi connectivity index (χ2v) is 3.12. The number of aliphatic hydroxyl groups excluding tert-OH is 1. The van der Waals surface area contributed by atoms with Gasteiger partial charge < -0.3 is 5.11 Å². The van der Waals surface area contributed by atoms with Crippen molar-refractivity contribution in [2.75, 3.05) is 0 Å². The van der Waals surface area contributed by atoms with Crippen LogP contribution in [0.25, 0.3) is 0 Å².